The summed E-state index contributed by atoms with van der Waals surface area (Å²) in [5.74, 6) is 0.0338. The minimum absolute atomic E-state index is 0.0338. The Bertz CT molecular complexity index is 428. The number of amides is 1. The Morgan fingerprint density at radius 2 is 2.11 bits per heavy atom. The Balaban J connectivity index is 1.92. The average Bonchev–Trinajstić information content (AvgIpc) is 2.34. The molecule has 1 aliphatic rings. The summed E-state index contributed by atoms with van der Waals surface area (Å²) in [6, 6.07) is 7.79. The van der Waals surface area contributed by atoms with Gasteiger partial charge in [0, 0.05) is 29.8 Å². The van der Waals surface area contributed by atoms with Gasteiger partial charge in [0.2, 0.25) is 5.91 Å². The highest BCUT2D eigenvalue weighted by Gasteiger charge is 2.32. The molecule has 0 radical (unpaired) electrons. The largest absolute Gasteiger partial charge is 0.384 e. The Morgan fingerprint density at radius 3 is 2.72 bits per heavy atom. The molecule has 0 unspecified atom stereocenters. The fraction of sp³-hybridized carbons (Fsp3) is 0.500. The smallest absolute Gasteiger partial charge is 0.224 e. The molecule has 0 aliphatic carbocycles. The molecule has 2 rings (SSSR count). The van der Waals surface area contributed by atoms with Crippen LogP contribution in [0.1, 0.15) is 20.3 Å². The molecule has 0 spiro atoms. The van der Waals surface area contributed by atoms with Gasteiger partial charge in [-0.2, -0.15) is 0 Å². The van der Waals surface area contributed by atoms with E-state index in [9.17, 15) is 4.79 Å². The zero-order chi connectivity index (χ0) is 13.0. The van der Waals surface area contributed by atoms with Crippen molar-refractivity contribution >= 4 is 17.3 Å². The van der Waals surface area contributed by atoms with Crippen LogP contribution in [0.4, 0.5) is 11.4 Å². The molecule has 2 N–H and O–H groups in total. The van der Waals surface area contributed by atoms with E-state index in [4.69, 9.17) is 4.74 Å². The molecule has 1 saturated heterocycles. The van der Waals surface area contributed by atoms with E-state index in [1.165, 1.54) is 0 Å². The van der Waals surface area contributed by atoms with Crippen LogP contribution in [0.3, 0.4) is 0 Å². The number of rotatable bonds is 5. The summed E-state index contributed by atoms with van der Waals surface area (Å²) in [6.45, 7) is 6.55. The Kier molecular flexibility index (Phi) is 3.87. The number of carbonyl (C=O) groups is 1. The highest BCUT2D eigenvalue weighted by Crippen LogP contribution is 2.27. The normalized spacial score (nSPS) is 16.8. The maximum absolute atomic E-state index is 11.3. The van der Waals surface area contributed by atoms with Gasteiger partial charge in [0.25, 0.3) is 0 Å². The van der Waals surface area contributed by atoms with Gasteiger partial charge in [-0.25, -0.2) is 0 Å². The van der Waals surface area contributed by atoms with Gasteiger partial charge in [-0.05, 0) is 18.2 Å². The highest BCUT2D eigenvalue weighted by molar-refractivity contribution is 5.90. The molecule has 18 heavy (non-hydrogen) atoms. The van der Waals surface area contributed by atoms with Crippen molar-refractivity contribution in [2.75, 3.05) is 30.4 Å². The first-order chi connectivity index (χ1) is 8.61. The molecule has 1 amide bonds. The second-order valence-electron chi connectivity index (χ2n) is 5.14. The fourth-order valence-corrected chi connectivity index (χ4v) is 1.82. The van der Waals surface area contributed by atoms with Crippen LogP contribution in [0.15, 0.2) is 24.3 Å². The quantitative estimate of drug-likeness (QED) is 0.841. The molecule has 4 nitrogen and oxygen atoms in total. The summed E-state index contributed by atoms with van der Waals surface area (Å²) in [5, 5.41) is 6.24. The second kappa shape index (κ2) is 5.40. The first kappa shape index (κ1) is 12.9. The topological polar surface area (TPSA) is 50.4 Å². The molecular weight excluding hydrogens is 228 g/mol. The molecule has 98 valence electrons. The lowest BCUT2D eigenvalue weighted by atomic mass is 9.89. The molecule has 1 aromatic rings. The van der Waals surface area contributed by atoms with E-state index < -0.39 is 0 Å². The van der Waals surface area contributed by atoms with E-state index in [1.54, 1.807) is 0 Å². The van der Waals surface area contributed by atoms with E-state index in [0.717, 1.165) is 31.1 Å². The van der Waals surface area contributed by atoms with E-state index >= 15 is 0 Å². The maximum Gasteiger partial charge on any atom is 0.224 e. The maximum atomic E-state index is 11.3. The summed E-state index contributed by atoms with van der Waals surface area (Å²) >= 11 is 0. The number of anilines is 2. The van der Waals surface area contributed by atoms with Gasteiger partial charge in [-0.3, -0.25) is 4.79 Å². The van der Waals surface area contributed by atoms with Crippen molar-refractivity contribution in [2.45, 2.75) is 20.3 Å². The van der Waals surface area contributed by atoms with Gasteiger partial charge >= 0.3 is 0 Å². The van der Waals surface area contributed by atoms with Gasteiger partial charge < -0.3 is 15.4 Å². The Morgan fingerprint density at radius 1 is 1.39 bits per heavy atom. The van der Waals surface area contributed by atoms with Crippen molar-refractivity contribution < 1.29 is 9.53 Å². The third-order valence-electron chi connectivity index (χ3n) is 3.09. The number of hydrogen-bond donors (Lipinski definition) is 2. The van der Waals surface area contributed by atoms with E-state index in [1.807, 2.05) is 31.2 Å². The first-order valence-corrected chi connectivity index (χ1v) is 6.33. The minimum atomic E-state index is 0.0338. The van der Waals surface area contributed by atoms with Crippen LogP contribution in [0.25, 0.3) is 0 Å². The third kappa shape index (κ3) is 3.23. The van der Waals surface area contributed by atoms with Crippen molar-refractivity contribution in [3.8, 4) is 0 Å². The highest BCUT2D eigenvalue weighted by atomic mass is 16.5. The predicted molar refractivity (Wildman–Crippen MR) is 72.8 cm³/mol. The third-order valence-corrected chi connectivity index (χ3v) is 3.09. The van der Waals surface area contributed by atoms with Crippen molar-refractivity contribution in [2.24, 2.45) is 5.41 Å². The standard InChI is InChI=1S/C14H20N2O2/c1-3-13(17)16-12-6-4-5-11(7-12)15-8-14(2)9-18-10-14/h4-7,15H,3,8-10H2,1-2H3,(H,16,17). The van der Waals surface area contributed by atoms with Gasteiger partial charge in [-0.1, -0.05) is 19.9 Å². The molecule has 1 fully saturated rings. The summed E-state index contributed by atoms with van der Waals surface area (Å²) in [7, 11) is 0. The summed E-state index contributed by atoms with van der Waals surface area (Å²) in [5.41, 5.74) is 2.10. The van der Waals surface area contributed by atoms with Crippen LogP contribution in [0.5, 0.6) is 0 Å². The van der Waals surface area contributed by atoms with Crippen molar-refractivity contribution in [1.29, 1.82) is 0 Å². The Labute approximate surface area is 108 Å². The number of ether oxygens (including phenoxy) is 1. The molecule has 0 bridgehead atoms. The molecule has 1 heterocycles. The van der Waals surface area contributed by atoms with Crippen LogP contribution >= 0.6 is 0 Å². The van der Waals surface area contributed by atoms with Gasteiger partial charge in [-0.15, -0.1) is 0 Å². The van der Waals surface area contributed by atoms with E-state index in [0.29, 0.717) is 6.42 Å². The van der Waals surface area contributed by atoms with Crippen LogP contribution in [-0.4, -0.2) is 25.7 Å². The fourth-order valence-electron chi connectivity index (χ4n) is 1.82. The summed E-state index contributed by atoms with van der Waals surface area (Å²) < 4.78 is 5.22. The SMILES string of the molecule is CCC(=O)Nc1cccc(NCC2(C)COC2)c1. The second-order valence-corrected chi connectivity index (χ2v) is 5.14. The van der Waals surface area contributed by atoms with Gasteiger partial charge in [0.1, 0.15) is 0 Å². The van der Waals surface area contributed by atoms with Crippen molar-refractivity contribution in [1.82, 2.24) is 0 Å². The van der Waals surface area contributed by atoms with Gasteiger partial charge in [0.05, 0.1) is 13.2 Å². The lowest BCUT2D eigenvalue weighted by molar-refractivity contribution is -0.115. The number of benzene rings is 1. The molecule has 1 aromatic carbocycles. The molecule has 0 aromatic heterocycles. The molecule has 0 saturated carbocycles. The first-order valence-electron chi connectivity index (χ1n) is 6.33. The average molecular weight is 248 g/mol. The molecule has 0 atom stereocenters. The molecule has 1 aliphatic heterocycles. The number of hydrogen-bond acceptors (Lipinski definition) is 3. The lowest BCUT2D eigenvalue weighted by Gasteiger charge is -2.38. The lowest BCUT2D eigenvalue weighted by Crippen LogP contribution is -2.45. The van der Waals surface area contributed by atoms with Crippen molar-refractivity contribution in [3.05, 3.63) is 24.3 Å². The Hall–Kier alpha value is -1.55. The monoisotopic (exact) mass is 248 g/mol. The number of carbonyl (C=O) groups excluding carboxylic acids is 1. The van der Waals surface area contributed by atoms with Crippen LogP contribution in [0.2, 0.25) is 0 Å². The zero-order valence-corrected chi connectivity index (χ0v) is 11.0. The van der Waals surface area contributed by atoms with Gasteiger partial charge in [0.15, 0.2) is 0 Å². The summed E-state index contributed by atoms with van der Waals surface area (Å²) in [6.07, 6.45) is 0.493. The van der Waals surface area contributed by atoms with Crippen LogP contribution < -0.4 is 10.6 Å². The number of nitrogens with one attached hydrogen (secondary N) is 2. The van der Waals surface area contributed by atoms with E-state index in [-0.39, 0.29) is 11.3 Å². The molecular formula is C14H20N2O2. The zero-order valence-electron chi connectivity index (χ0n) is 11.0. The van der Waals surface area contributed by atoms with E-state index in [2.05, 4.69) is 17.6 Å². The minimum Gasteiger partial charge on any atom is -0.384 e. The molecule has 4 heteroatoms. The predicted octanol–water partition coefficient (Wildman–Crippen LogP) is 2.48. The van der Waals surface area contributed by atoms with Crippen LogP contribution in [0, 0.1) is 5.41 Å². The van der Waals surface area contributed by atoms with Crippen molar-refractivity contribution in [3.63, 3.8) is 0 Å². The van der Waals surface area contributed by atoms with Crippen LogP contribution in [-0.2, 0) is 9.53 Å². The summed E-state index contributed by atoms with van der Waals surface area (Å²) in [4.78, 5) is 11.3.